The molecule has 2 aromatic rings. The van der Waals surface area contributed by atoms with Gasteiger partial charge in [0.05, 0.1) is 6.33 Å². The molecule has 0 unspecified atom stereocenters. The van der Waals surface area contributed by atoms with E-state index < -0.39 is 5.97 Å². The van der Waals surface area contributed by atoms with Gasteiger partial charge in [-0.25, -0.2) is 14.8 Å². The Morgan fingerprint density at radius 1 is 1.47 bits per heavy atom. The summed E-state index contributed by atoms with van der Waals surface area (Å²) in [7, 11) is 0. The van der Waals surface area contributed by atoms with Crippen molar-refractivity contribution in [2.45, 2.75) is 6.54 Å². The van der Waals surface area contributed by atoms with Crippen LogP contribution in [0.1, 0.15) is 16.1 Å². The number of pyridine rings is 1. The monoisotopic (exact) mass is 203 g/mol. The number of carboxylic acid groups (broad SMARTS) is 1. The third-order valence-electron chi connectivity index (χ3n) is 1.97. The molecule has 0 saturated carbocycles. The standard InChI is InChI=1S/C10H9N3O2/c14-10(15)9-5-8(1-2-12-9)6-13-4-3-11-7-13/h1-5,7H,6H2,(H,14,15). The van der Waals surface area contributed by atoms with Crippen LogP contribution in [0.2, 0.25) is 0 Å². The molecule has 0 amide bonds. The summed E-state index contributed by atoms with van der Waals surface area (Å²) in [5.74, 6) is -1.01. The molecule has 0 aliphatic carbocycles. The third kappa shape index (κ3) is 2.19. The van der Waals surface area contributed by atoms with Crippen molar-refractivity contribution < 1.29 is 9.90 Å². The van der Waals surface area contributed by atoms with Crippen LogP contribution in [-0.2, 0) is 6.54 Å². The van der Waals surface area contributed by atoms with Crippen molar-refractivity contribution in [2.24, 2.45) is 0 Å². The molecule has 5 nitrogen and oxygen atoms in total. The molecule has 2 heterocycles. The Labute approximate surface area is 86.0 Å². The summed E-state index contributed by atoms with van der Waals surface area (Å²) < 4.78 is 1.86. The molecule has 0 fully saturated rings. The largest absolute Gasteiger partial charge is 0.477 e. The van der Waals surface area contributed by atoms with Gasteiger partial charge in [0.15, 0.2) is 0 Å². The summed E-state index contributed by atoms with van der Waals surface area (Å²) >= 11 is 0. The van der Waals surface area contributed by atoms with Crippen molar-refractivity contribution in [2.75, 3.05) is 0 Å². The number of hydrogen-bond donors (Lipinski definition) is 1. The van der Waals surface area contributed by atoms with E-state index in [-0.39, 0.29) is 5.69 Å². The normalized spacial score (nSPS) is 10.1. The van der Waals surface area contributed by atoms with E-state index in [1.54, 1.807) is 24.7 Å². The first-order valence-corrected chi connectivity index (χ1v) is 4.39. The molecule has 1 N–H and O–H groups in total. The van der Waals surface area contributed by atoms with E-state index >= 15 is 0 Å². The molecule has 0 spiro atoms. The lowest BCUT2D eigenvalue weighted by Gasteiger charge is -2.02. The van der Waals surface area contributed by atoms with Crippen LogP contribution in [0.5, 0.6) is 0 Å². The average Bonchev–Trinajstić information content (AvgIpc) is 2.71. The Kier molecular flexibility index (Phi) is 2.45. The molecule has 0 aromatic carbocycles. The van der Waals surface area contributed by atoms with E-state index in [9.17, 15) is 4.79 Å². The molecule has 0 atom stereocenters. The number of aromatic carboxylic acids is 1. The van der Waals surface area contributed by atoms with Crippen LogP contribution in [0.15, 0.2) is 37.1 Å². The predicted octanol–water partition coefficient (Wildman–Crippen LogP) is 1.02. The van der Waals surface area contributed by atoms with Gasteiger partial charge in [-0.1, -0.05) is 0 Å². The second-order valence-corrected chi connectivity index (χ2v) is 3.09. The molecule has 0 aliphatic heterocycles. The molecule has 2 aromatic heterocycles. The Balaban J connectivity index is 2.22. The van der Waals surface area contributed by atoms with Crippen molar-refractivity contribution in [1.29, 1.82) is 0 Å². The second kappa shape index (κ2) is 3.91. The topological polar surface area (TPSA) is 68.0 Å². The summed E-state index contributed by atoms with van der Waals surface area (Å²) in [4.78, 5) is 18.3. The zero-order valence-corrected chi connectivity index (χ0v) is 7.87. The minimum Gasteiger partial charge on any atom is -0.477 e. The minimum absolute atomic E-state index is 0.0626. The van der Waals surface area contributed by atoms with Crippen LogP contribution in [0.25, 0.3) is 0 Å². The zero-order chi connectivity index (χ0) is 10.7. The number of rotatable bonds is 3. The summed E-state index contributed by atoms with van der Waals surface area (Å²) in [6.07, 6.45) is 6.68. The molecule has 76 valence electrons. The van der Waals surface area contributed by atoms with E-state index in [2.05, 4.69) is 9.97 Å². The van der Waals surface area contributed by atoms with Gasteiger partial charge >= 0.3 is 5.97 Å². The molecule has 0 radical (unpaired) electrons. The molecule has 0 saturated heterocycles. The fourth-order valence-corrected chi connectivity index (χ4v) is 1.28. The number of carboxylic acids is 1. The number of nitrogens with zero attached hydrogens (tertiary/aromatic N) is 3. The Bertz CT molecular complexity index is 465. The summed E-state index contributed by atoms with van der Waals surface area (Å²) in [5.41, 5.74) is 0.952. The van der Waals surface area contributed by atoms with Gasteiger partial charge in [-0.15, -0.1) is 0 Å². The lowest BCUT2D eigenvalue weighted by atomic mass is 10.2. The molecule has 15 heavy (non-hydrogen) atoms. The van der Waals surface area contributed by atoms with Crippen molar-refractivity contribution >= 4 is 5.97 Å². The maximum absolute atomic E-state index is 10.7. The zero-order valence-electron chi connectivity index (χ0n) is 7.87. The number of carbonyl (C=O) groups is 1. The summed E-state index contributed by atoms with van der Waals surface area (Å²) in [6.45, 7) is 0.600. The van der Waals surface area contributed by atoms with Gasteiger partial charge in [-0.05, 0) is 17.7 Å². The van der Waals surface area contributed by atoms with Gasteiger partial charge in [-0.3, -0.25) is 0 Å². The van der Waals surface area contributed by atoms with Gasteiger partial charge in [0.25, 0.3) is 0 Å². The van der Waals surface area contributed by atoms with Crippen molar-refractivity contribution in [3.8, 4) is 0 Å². The molecule has 0 bridgehead atoms. The molecule has 5 heteroatoms. The fourth-order valence-electron chi connectivity index (χ4n) is 1.28. The van der Waals surface area contributed by atoms with Crippen LogP contribution in [0.3, 0.4) is 0 Å². The Morgan fingerprint density at radius 3 is 3.00 bits per heavy atom. The van der Waals surface area contributed by atoms with E-state index in [4.69, 9.17) is 5.11 Å². The first-order valence-electron chi connectivity index (χ1n) is 4.39. The van der Waals surface area contributed by atoms with Crippen LogP contribution in [0.4, 0.5) is 0 Å². The van der Waals surface area contributed by atoms with Gasteiger partial charge in [0.1, 0.15) is 5.69 Å². The summed E-state index contributed by atoms with van der Waals surface area (Å²) in [5, 5.41) is 8.75. The smallest absolute Gasteiger partial charge is 0.354 e. The number of imidazole rings is 1. The highest BCUT2D eigenvalue weighted by molar-refractivity contribution is 5.85. The second-order valence-electron chi connectivity index (χ2n) is 3.09. The van der Waals surface area contributed by atoms with Crippen LogP contribution in [-0.4, -0.2) is 25.6 Å². The fraction of sp³-hybridized carbons (Fsp3) is 0.100. The first kappa shape index (κ1) is 9.39. The summed E-state index contributed by atoms with van der Waals surface area (Å²) in [6, 6.07) is 3.34. The molecule has 0 aliphatic rings. The van der Waals surface area contributed by atoms with Crippen molar-refractivity contribution in [3.05, 3.63) is 48.3 Å². The van der Waals surface area contributed by atoms with E-state index in [0.29, 0.717) is 6.54 Å². The Morgan fingerprint density at radius 2 is 2.33 bits per heavy atom. The highest BCUT2D eigenvalue weighted by atomic mass is 16.4. The molecular formula is C10H9N3O2. The first-order chi connectivity index (χ1) is 7.25. The predicted molar refractivity (Wildman–Crippen MR) is 52.5 cm³/mol. The highest BCUT2D eigenvalue weighted by Gasteiger charge is 2.04. The Hall–Kier alpha value is -2.17. The van der Waals surface area contributed by atoms with E-state index in [1.807, 2.05) is 10.8 Å². The lowest BCUT2D eigenvalue weighted by molar-refractivity contribution is 0.0690. The van der Waals surface area contributed by atoms with Gasteiger partial charge in [0.2, 0.25) is 0 Å². The van der Waals surface area contributed by atoms with E-state index in [0.717, 1.165) is 5.56 Å². The minimum atomic E-state index is -1.01. The van der Waals surface area contributed by atoms with Gasteiger partial charge < -0.3 is 9.67 Å². The third-order valence-corrected chi connectivity index (χ3v) is 1.97. The number of hydrogen-bond acceptors (Lipinski definition) is 3. The maximum Gasteiger partial charge on any atom is 0.354 e. The molecule has 2 rings (SSSR count). The van der Waals surface area contributed by atoms with Crippen LogP contribution < -0.4 is 0 Å². The average molecular weight is 203 g/mol. The van der Waals surface area contributed by atoms with Gasteiger partial charge in [0, 0.05) is 25.1 Å². The lowest BCUT2D eigenvalue weighted by Crippen LogP contribution is -2.03. The van der Waals surface area contributed by atoms with Crippen LogP contribution in [0, 0.1) is 0 Å². The maximum atomic E-state index is 10.7. The quantitative estimate of drug-likeness (QED) is 0.808. The van der Waals surface area contributed by atoms with Crippen molar-refractivity contribution in [1.82, 2.24) is 14.5 Å². The van der Waals surface area contributed by atoms with Gasteiger partial charge in [-0.2, -0.15) is 0 Å². The molecular weight excluding hydrogens is 194 g/mol. The highest BCUT2D eigenvalue weighted by Crippen LogP contribution is 2.04. The van der Waals surface area contributed by atoms with Crippen molar-refractivity contribution in [3.63, 3.8) is 0 Å². The SMILES string of the molecule is O=C(O)c1cc(Cn2ccnc2)ccn1. The number of aromatic nitrogens is 3. The van der Waals surface area contributed by atoms with E-state index in [1.165, 1.54) is 6.20 Å². The van der Waals surface area contributed by atoms with Crippen LogP contribution >= 0.6 is 0 Å².